The molecule has 0 radical (unpaired) electrons. The molecule has 0 saturated carbocycles. The van der Waals surface area contributed by atoms with E-state index in [-0.39, 0.29) is 23.5 Å². The van der Waals surface area contributed by atoms with E-state index < -0.39 is 11.5 Å². The number of nitrogens with zero attached hydrogens (tertiary/aromatic N) is 1. The summed E-state index contributed by atoms with van der Waals surface area (Å²) in [5, 5.41) is 0. The van der Waals surface area contributed by atoms with Crippen molar-refractivity contribution >= 4 is 11.8 Å². The van der Waals surface area contributed by atoms with Crippen molar-refractivity contribution < 1.29 is 23.5 Å². The lowest BCUT2D eigenvalue weighted by atomic mass is 10.0. The van der Waals surface area contributed by atoms with Crippen LogP contribution in [-0.4, -0.2) is 55.2 Å². The highest BCUT2D eigenvalue weighted by molar-refractivity contribution is 5.95. The molecule has 2 amide bonds. The van der Waals surface area contributed by atoms with Gasteiger partial charge in [0.15, 0.2) is 11.5 Å². The number of nitrogens with two attached hydrogens (primary N) is 1. The molecule has 2 heterocycles. The van der Waals surface area contributed by atoms with Crippen molar-refractivity contribution in [3.63, 3.8) is 0 Å². The van der Waals surface area contributed by atoms with E-state index in [0.717, 1.165) is 0 Å². The molecule has 1 saturated heterocycles. The van der Waals surface area contributed by atoms with Crippen LogP contribution in [0, 0.1) is 0 Å². The molecule has 116 valence electrons. The number of hydrogen-bond donors (Lipinski definition) is 1. The fraction of sp³-hybridized carbons (Fsp3) is 0.571. The summed E-state index contributed by atoms with van der Waals surface area (Å²) in [5.41, 5.74) is 4.64. The van der Waals surface area contributed by atoms with E-state index in [9.17, 15) is 9.59 Å². The van der Waals surface area contributed by atoms with E-state index in [4.69, 9.17) is 19.6 Å². The van der Waals surface area contributed by atoms with Crippen LogP contribution in [0.1, 0.15) is 35.0 Å². The monoisotopic (exact) mass is 296 g/mol. The van der Waals surface area contributed by atoms with Crippen molar-refractivity contribution in [2.75, 3.05) is 26.8 Å². The first kappa shape index (κ1) is 15.5. The molecule has 2 rings (SSSR count). The Kier molecular flexibility index (Phi) is 4.34. The molecule has 1 atom stereocenters. The minimum absolute atomic E-state index is 0.0284. The number of carbonyl (C=O) groups is 2. The molecule has 1 aromatic rings. The first-order chi connectivity index (χ1) is 9.82. The van der Waals surface area contributed by atoms with Gasteiger partial charge in [-0.1, -0.05) is 0 Å². The minimum Gasteiger partial charge on any atom is -0.446 e. The van der Waals surface area contributed by atoms with E-state index in [1.165, 1.54) is 12.1 Å². The number of carbonyl (C=O) groups excluding carboxylic acids is 2. The van der Waals surface area contributed by atoms with Crippen LogP contribution >= 0.6 is 0 Å². The Bertz CT molecular complexity index is 537. The smallest absolute Gasteiger partial charge is 0.289 e. The third-order valence-corrected chi connectivity index (χ3v) is 3.18. The molecule has 1 aliphatic rings. The summed E-state index contributed by atoms with van der Waals surface area (Å²) in [7, 11) is 1.59. The summed E-state index contributed by atoms with van der Waals surface area (Å²) in [5.74, 6) is -0.925. The van der Waals surface area contributed by atoms with Gasteiger partial charge in [-0.05, 0) is 26.0 Å². The SMILES string of the molecule is COC[C@H]1CN(C(=O)c2ccc(C(N)=O)o2)CC(C)(C)O1. The van der Waals surface area contributed by atoms with Crippen LogP contribution in [0.5, 0.6) is 0 Å². The first-order valence-corrected chi connectivity index (χ1v) is 6.68. The Hall–Kier alpha value is -1.86. The molecule has 0 bridgehead atoms. The van der Waals surface area contributed by atoms with E-state index in [2.05, 4.69) is 0 Å². The molecule has 0 spiro atoms. The Morgan fingerprint density at radius 1 is 1.43 bits per heavy atom. The summed E-state index contributed by atoms with van der Waals surface area (Å²) in [6.07, 6.45) is -0.201. The van der Waals surface area contributed by atoms with E-state index in [1.54, 1.807) is 12.0 Å². The van der Waals surface area contributed by atoms with Gasteiger partial charge in [-0.2, -0.15) is 0 Å². The van der Waals surface area contributed by atoms with Crippen molar-refractivity contribution in [2.45, 2.75) is 25.6 Å². The third-order valence-electron chi connectivity index (χ3n) is 3.18. The zero-order chi connectivity index (χ0) is 15.6. The average Bonchev–Trinajstić information content (AvgIpc) is 2.86. The summed E-state index contributed by atoms with van der Waals surface area (Å²) in [4.78, 5) is 25.1. The molecule has 21 heavy (non-hydrogen) atoms. The fourth-order valence-electron chi connectivity index (χ4n) is 2.46. The van der Waals surface area contributed by atoms with Crippen LogP contribution in [0.3, 0.4) is 0 Å². The molecule has 2 N–H and O–H groups in total. The maximum absolute atomic E-state index is 12.5. The van der Waals surface area contributed by atoms with Crippen LogP contribution < -0.4 is 5.73 Å². The molecular formula is C14H20N2O5. The average molecular weight is 296 g/mol. The van der Waals surface area contributed by atoms with Gasteiger partial charge in [0, 0.05) is 20.2 Å². The second-order valence-corrected chi connectivity index (χ2v) is 5.67. The number of furan rings is 1. The van der Waals surface area contributed by atoms with Crippen LogP contribution in [0.15, 0.2) is 16.5 Å². The van der Waals surface area contributed by atoms with Crippen molar-refractivity contribution in [3.8, 4) is 0 Å². The summed E-state index contributed by atoms with van der Waals surface area (Å²) in [6, 6.07) is 2.85. The van der Waals surface area contributed by atoms with Gasteiger partial charge in [0.05, 0.1) is 18.3 Å². The summed E-state index contributed by atoms with van der Waals surface area (Å²) >= 11 is 0. The highest BCUT2D eigenvalue weighted by Crippen LogP contribution is 2.23. The second-order valence-electron chi connectivity index (χ2n) is 5.67. The second kappa shape index (κ2) is 5.87. The first-order valence-electron chi connectivity index (χ1n) is 6.68. The molecule has 1 aliphatic heterocycles. The highest BCUT2D eigenvalue weighted by Gasteiger charge is 2.36. The van der Waals surface area contributed by atoms with Crippen LogP contribution in [0.4, 0.5) is 0 Å². The maximum Gasteiger partial charge on any atom is 0.289 e. The van der Waals surface area contributed by atoms with Gasteiger partial charge in [0.1, 0.15) is 0 Å². The molecule has 0 aromatic carbocycles. The van der Waals surface area contributed by atoms with Crippen LogP contribution in [-0.2, 0) is 9.47 Å². The van der Waals surface area contributed by atoms with Crippen molar-refractivity contribution in [1.29, 1.82) is 0 Å². The largest absolute Gasteiger partial charge is 0.446 e. The highest BCUT2D eigenvalue weighted by atomic mass is 16.5. The summed E-state index contributed by atoms with van der Waals surface area (Å²) in [6.45, 7) is 5.05. The number of rotatable bonds is 4. The predicted octanol–water partition coefficient (Wildman–Crippen LogP) is 0.644. The lowest BCUT2D eigenvalue weighted by Gasteiger charge is -2.42. The topological polar surface area (TPSA) is 95.0 Å². The molecular weight excluding hydrogens is 276 g/mol. The Morgan fingerprint density at radius 3 is 2.67 bits per heavy atom. The molecule has 7 nitrogen and oxygen atoms in total. The molecule has 0 unspecified atom stereocenters. The van der Waals surface area contributed by atoms with Gasteiger partial charge in [-0.3, -0.25) is 9.59 Å². The Balaban J connectivity index is 2.14. The fourth-order valence-corrected chi connectivity index (χ4v) is 2.46. The van der Waals surface area contributed by atoms with Gasteiger partial charge in [-0.25, -0.2) is 0 Å². The zero-order valence-electron chi connectivity index (χ0n) is 12.4. The Morgan fingerprint density at radius 2 is 2.10 bits per heavy atom. The van der Waals surface area contributed by atoms with Gasteiger partial charge in [-0.15, -0.1) is 0 Å². The van der Waals surface area contributed by atoms with Gasteiger partial charge >= 0.3 is 0 Å². The van der Waals surface area contributed by atoms with Crippen LogP contribution in [0.25, 0.3) is 0 Å². The van der Waals surface area contributed by atoms with Crippen LogP contribution in [0.2, 0.25) is 0 Å². The van der Waals surface area contributed by atoms with E-state index in [0.29, 0.717) is 19.7 Å². The number of morpholine rings is 1. The van der Waals surface area contributed by atoms with Gasteiger partial charge in [0.25, 0.3) is 11.8 Å². The number of amides is 2. The van der Waals surface area contributed by atoms with Crippen molar-refractivity contribution in [3.05, 3.63) is 23.7 Å². The predicted molar refractivity (Wildman–Crippen MR) is 74.0 cm³/mol. The number of hydrogen-bond acceptors (Lipinski definition) is 5. The van der Waals surface area contributed by atoms with Crippen molar-refractivity contribution in [2.24, 2.45) is 5.73 Å². The lowest BCUT2D eigenvalue weighted by molar-refractivity contribution is -0.143. The Labute approximate surface area is 123 Å². The van der Waals surface area contributed by atoms with Gasteiger partial charge < -0.3 is 24.5 Å². The maximum atomic E-state index is 12.5. The lowest BCUT2D eigenvalue weighted by Crippen LogP contribution is -2.55. The standard InChI is InChI=1S/C14H20N2O5/c1-14(2)8-16(6-9(21-14)7-19-3)13(18)11-5-4-10(20-11)12(15)17/h4-5,9H,6-8H2,1-3H3,(H2,15,17)/t9-/m1/s1. The molecule has 7 heteroatoms. The minimum atomic E-state index is -0.700. The number of methoxy groups -OCH3 is 1. The number of ether oxygens (including phenoxy) is 2. The summed E-state index contributed by atoms with van der Waals surface area (Å²) < 4.78 is 16.1. The molecule has 1 fully saturated rings. The normalized spacial score (nSPS) is 21.3. The van der Waals surface area contributed by atoms with E-state index in [1.807, 2.05) is 13.8 Å². The zero-order valence-corrected chi connectivity index (χ0v) is 12.4. The molecule has 0 aliphatic carbocycles. The molecule has 1 aromatic heterocycles. The number of primary amides is 1. The quantitative estimate of drug-likeness (QED) is 0.880. The third kappa shape index (κ3) is 3.62. The van der Waals surface area contributed by atoms with E-state index >= 15 is 0 Å². The van der Waals surface area contributed by atoms with Gasteiger partial charge in [0.2, 0.25) is 0 Å². The van der Waals surface area contributed by atoms with Crippen molar-refractivity contribution in [1.82, 2.24) is 4.90 Å².